The quantitative estimate of drug-likeness (QED) is 0.467. The molecule has 0 amide bonds. The summed E-state index contributed by atoms with van der Waals surface area (Å²) in [5, 5.41) is 15.7. The summed E-state index contributed by atoms with van der Waals surface area (Å²) in [6.07, 6.45) is 2.89. The summed E-state index contributed by atoms with van der Waals surface area (Å²) in [5.74, 6) is 1.27. The van der Waals surface area contributed by atoms with Gasteiger partial charge in [-0.15, -0.1) is 0 Å². The zero-order valence-electron chi connectivity index (χ0n) is 18.0. The van der Waals surface area contributed by atoms with Crippen molar-refractivity contribution in [2.75, 3.05) is 18.4 Å². The summed E-state index contributed by atoms with van der Waals surface area (Å²) in [4.78, 5) is 5.29. The first-order valence-electron chi connectivity index (χ1n) is 10.6. The highest BCUT2D eigenvalue weighted by atomic mass is 35.5. The van der Waals surface area contributed by atoms with Gasteiger partial charge in [0.05, 0.1) is 9.92 Å². The van der Waals surface area contributed by atoms with E-state index in [2.05, 4.69) is 29.3 Å². The molecule has 1 fully saturated rings. The lowest BCUT2D eigenvalue weighted by atomic mass is 9.98. The molecular formula is C23H26ClN5O2S. The van der Waals surface area contributed by atoms with E-state index in [1.807, 2.05) is 34.6 Å². The van der Waals surface area contributed by atoms with Crippen LogP contribution in [-0.2, 0) is 11.0 Å². The van der Waals surface area contributed by atoms with E-state index < -0.39 is 11.0 Å². The van der Waals surface area contributed by atoms with Crippen molar-refractivity contribution in [2.45, 2.75) is 43.5 Å². The molecule has 32 heavy (non-hydrogen) atoms. The third kappa shape index (κ3) is 4.92. The average molecular weight is 472 g/mol. The van der Waals surface area contributed by atoms with Gasteiger partial charge < -0.3 is 15.2 Å². The largest absolute Gasteiger partial charge is 0.382 e. The number of halogens is 1. The molecule has 0 spiro atoms. The van der Waals surface area contributed by atoms with Crippen molar-refractivity contribution >= 4 is 34.5 Å². The van der Waals surface area contributed by atoms with Gasteiger partial charge in [0.2, 0.25) is 11.7 Å². The Hall–Kier alpha value is -2.55. The number of hydrogen-bond acceptors (Lipinski definition) is 6. The van der Waals surface area contributed by atoms with Gasteiger partial charge in [0.15, 0.2) is 0 Å². The molecule has 0 radical (unpaired) electrons. The summed E-state index contributed by atoms with van der Waals surface area (Å²) in [5.41, 5.74) is 2.52. The number of nitrogens with one attached hydrogen (secondary N) is 2. The second-order valence-corrected chi connectivity index (χ2v) is 9.95. The van der Waals surface area contributed by atoms with Gasteiger partial charge in [0.1, 0.15) is 11.0 Å². The predicted octanol–water partition coefficient (Wildman–Crippen LogP) is 5.11. The van der Waals surface area contributed by atoms with Crippen molar-refractivity contribution in [3.8, 4) is 11.4 Å². The second-order valence-electron chi connectivity index (χ2n) is 8.08. The van der Waals surface area contributed by atoms with Crippen LogP contribution >= 0.6 is 11.6 Å². The van der Waals surface area contributed by atoms with Crippen molar-refractivity contribution in [2.24, 2.45) is 0 Å². The Morgan fingerprint density at radius 3 is 2.69 bits per heavy atom. The standard InChI is InChI=1S/C23H26ClN5O2S/c1-15(2)26-20-13-17(7-8-18(20)14-25)22-27-23(31-28-22)16-9-11-29(12-10-16)32(30)21-6-4-3-5-19(21)24/h3-8,13-16,25-26H,9-12H2,1-2H3. The van der Waals surface area contributed by atoms with Gasteiger partial charge in [-0.2, -0.15) is 4.98 Å². The summed E-state index contributed by atoms with van der Waals surface area (Å²) >= 11 is 6.21. The second kappa shape index (κ2) is 9.94. The summed E-state index contributed by atoms with van der Waals surface area (Å²) in [7, 11) is -1.28. The number of benzene rings is 2. The van der Waals surface area contributed by atoms with Crippen LogP contribution in [-0.4, -0.2) is 44.0 Å². The summed E-state index contributed by atoms with van der Waals surface area (Å²) in [6.45, 7) is 5.43. The van der Waals surface area contributed by atoms with Crippen LogP contribution in [0.15, 0.2) is 51.9 Å². The van der Waals surface area contributed by atoms with Crippen molar-refractivity contribution in [3.63, 3.8) is 0 Å². The van der Waals surface area contributed by atoms with Crippen LogP contribution in [0.5, 0.6) is 0 Å². The smallest absolute Gasteiger partial charge is 0.230 e. The Kier molecular flexibility index (Phi) is 7.03. The maximum atomic E-state index is 12.9. The average Bonchev–Trinajstić information content (AvgIpc) is 3.29. The predicted molar refractivity (Wildman–Crippen MR) is 128 cm³/mol. The fraction of sp³-hybridized carbons (Fsp3) is 0.348. The highest BCUT2D eigenvalue weighted by molar-refractivity contribution is 7.82. The zero-order chi connectivity index (χ0) is 22.7. The molecule has 0 bridgehead atoms. The van der Waals surface area contributed by atoms with E-state index in [1.54, 1.807) is 12.1 Å². The molecule has 1 atom stereocenters. The minimum atomic E-state index is -1.28. The normalized spacial score (nSPS) is 16.2. The highest BCUT2D eigenvalue weighted by Crippen LogP contribution is 2.32. The van der Waals surface area contributed by atoms with Crippen molar-refractivity contribution < 1.29 is 8.73 Å². The molecule has 9 heteroatoms. The van der Waals surface area contributed by atoms with Gasteiger partial charge in [-0.3, -0.25) is 0 Å². The van der Waals surface area contributed by atoms with E-state index >= 15 is 0 Å². The minimum Gasteiger partial charge on any atom is -0.382 e. The van der Waals surface area contributed by atoms with Crippen LogP contribution in [0.25, 0.3) is 11.4 Å². The first kappa shape index (κ1) is 22.6. The number of nitrogens with zero attached hydrogens (tertiary/aromatic N) is 3. The van der Waals surface area contributed by atoms with Crippen LogP contribution in [0.2, 0.25) is 5.02 Å². The Bertz CT molecular complexity index is 1130. The topological polar surface area (TPSA) is 95.1 Å². The van der Waals surface area contributed by atoms with Crippen molar-refractivity contribution in [1.82, 2.24) is 14.4 Å². The molecule has 0 aliphatic carbocycles. The Labute approximate surface area is 195 Å². The van der Waals surface area contributed by atoms with E-state index in [-0.39, 0.29) is 12.0 Å². The molecule has 0 saturated carbocycles. The molecule has 1 aliphatic rings. The molecule has 4 rings (SSSR count). The molecule has 1 aromatic heterocycles. The molecular weight excluding hydrogens is 446 g/mol. The first-order valence-corrected chi connectivity index (χ1v) is 12.1. The van der Waals surface area contributed by atoms with E-state index in [0.717, 1.165) is 29.7 Å². The van der Waals surface area contributed by atoms with Gasteiger partial charge in [0, 0.05) is 48.1 Å². The molecule has 1 saturated heterocycles. The Balaban J connectivity index is 1.44. The van der Waals surface area contributed by atoms with E-state index in [0.29, 0.717) is 34.7 Å². The third-order valence-corrected chi connectivity index (χ3v) is 7.42. The Morgan fingerprint density at radius 1 is 1.25 bits per heavy atom. The highest BCUT2D eigenvalue weighted by Gasteiger charge is 2.29. The van der Waals surface area contributed by atoms with E-state index in [4.69, 9.17) is 21.5 Å². The van der Waals surface area contributed by atoms with Crippen LogP contribution in [0.1, 0.15) is 44.1 Å². The molecule has 1 aliphatic heterocycles. The zero-order valence-corrected chi connectivity index (χ0v) is 19.6. The van der Waals surface area contributed by atoms with Crippen LogP contribution < -0.4 is 5.32 Å². The van der Waals surface area contributed by atoms with Gasteiger partial charge in [-0.1, -0.05) is 41.0 Å². The fourth-order valence-electron chi connectivity index (χ4n) is 3.77. The number of piperidine rings is 1. The number of anilines is 1. The van der Waals surface area contributed by atoms with Crippen LogP contribution in [0.3, 0.4) is 0 Å². The maximum Gasteiger partial charge on any atom is 0.230 e. The van der Waals surface area contributed by atoms with Crippen LogP contribution in [0.4, 0.5) is 5.69 Å². The summed E-state index contributed by atoms with van der Waals surface area (Å²) in [6, 6.07) is 13.2. The molecule has 7 nitrogen and oxygen atoms in total. The molecule has 3 aromatic rings. The summed E-state index contributed by atoms with van der Waals surface area (Å²) < 4.78 is 20.4. The number of hydrogen-bond donors (Lipinski definition) is 2. The van der Waals surface area contributed by atoms with Gasteiger partial charge in [-0.25, -0.2) is 8.51 Å². The lowest BCUT2D eigenvalue weighted by Gasteiger charge is -2.29. The SMILES string of the molecule is CC(C)Nc1cc(-c2noc(C3CCN(S(=O)c4ccccc4Cl)CC3)n2)ccc1C=N. The maximum absolute atomic E-state index is 12.9. The van der Waals surface area contributed by atoms with Gasteiger partial charge >= 0.3 is 0 Å². The van der Waals surface area contributed by atoms with Crippen molar-refractivity contribution in [1.29, 1.82) is 5.41 Å². The monoisotopic (exact) mass is 471 g/mol. The first-order chi connectivity index (χ1) is 15.5. The number of rotatable bonds is 7. The fourth-order valence-corrected chi connectivity index (χ4v) is 5.35. The molecule has 168 valence electrons. The molecule has 2 aromatic carbocycles. The molecule has 2 N–H and O–H groups in total. The van der Waals surface area contributed by atoms with Crippen molar-refractivity contribution in [3.05, 3.63) is 58.9 Å². The third-order valence-electron chi connectivity index (χ3n) is 5.42. The van der Waals surface area contributed by atoms with E-state index in [9.17, 15) is 4.21 Å². The van der Waals surface area contributed by atoms with Gasteiger partial charge in [0.25, 0.3) is 0 Å². The Morgan fingerprint density at radius 2 is 2.00 bits per heavy atom. The number of aromatic nitrogens is 2. The van der Waals surface area contributed by atoms with Gasteiger partial charge in [-0.05, 0) is 44.9 Å². The lowest BCUT2D eigenvalue weighted by molar-refractivity contribution is 0.277. The lowest BCUT2D eigenvalue weighted by Crippen LogP contribution is -2.34. The minimum absolute atomic E-state index is 0.129. The van der Waals surface area contributed by atoms with Crippen LogP contribution in [0, 0.1) is 5.41 Å². The van der Waals surface area contributed by atoms with E-state index in [1.165, 1.54) is 6.21 Å². The molecule has 1 unspecified atom stereocenters. The molecule has 2 heterocycles.